The molecule has 7 heteroatoms. The van der Waals surface area contributed by atoms with Crippen LogP contribution in [-0.4, -0.2) is 13.4 Å². The zero-order chi connectivity index (χ0) is 14.8. The second-order valence-corrected chi connectivity index (χ2v) is 6.17. The largest absolute Gasteiger partial charge is 0.263 e. The van der Waals surface area contributed by atoms with Crippen molar-refractivity contribution in [1.29, 1.82) is 5.26 Å². The lowest BCUT2D eigenvalue weighted by atomic mass is 10.2. The van der Waals surface area contributed by atoms with Gasteiger partial charge in [-0.05, 0) is 36.8 Å². The Morgan fingerprint density at radius 2 is 2.05 bits per heavy atom. The highest BCUT2D eigenvalue weighted by Gasteiger charge is 2.16. The Bertz CT molecular complexity index is 780. The van der Waals surface area contributed by atoms with E-state index in [0.717, 1.165) is 5.56 Å². The molecule has 1 aromatic heterocycles. The zero-order valence-electron chi connectivity index (χ0n) is 10.5. The number of aryl methyl sites for hydroxylation is 1. The summed E-state index contributed by atoms with van der Waals surface area (Å²) in [5, 5.41) is 8.85. The SMILES string of the molecule is Cc1ccc(NS(=O)(=O)c2ccc(C#N)c(Cl)c2)nc1. The number of aromatic nitrogens is 1. The molecule has 0 bridgehead atoms. The van der Waals surface area contributed by atoms with E-state index in [1.807, 2.05) is 13.0 Å². The molecule has 1 N–H and O–H groups in total. The van der Waals surface area contributed by atoms with Gasteiger partial charge in [-0.15, -0.1) is 0 Å². The Labute approximate surface area is 121 Å². The third-order valence-corrected chi connectivity index (χ3v) is 4.19. The maximum Gasteiger partial charge on any atom is 0.263 e. The average molecular weight is 308 g/mol. The van der Waals surface area contributed by atoms with E-state index in [4.69, 9.17) is 16.9 Å². The van der Waals surface area contributed by atoms with Crippen molar-refractivity contribution in [3.05, 3.63) is 52.7 Å². The van der Waals surface area contributed by atoms with Gasteiger partial charge < -0.3 is 0 Å². The maximum atomic E-state index is 12.1. The minimum absolute atomic E-state index is 0.0242. The summed E-state index contributed by atoms with van der Waals surface area (Å²) in [4.78, 5) is 3.95. The van der Waals surface area contributed by atoms with Gasteiger partial charge in [-0.25, -0.2) is 13.4 Å². The molecule has 0 aliphatic carbocycles. The molecule has 0 unspecified atom stereocenters. The maximum absolute atomic E-state index is 12.1. The summed E-state index contributed by atoms with van der Waals surface area (Å²) in [5.41, 5.74) is 1.15. The Morgan fingerprint density at radius 3 is 2.60 bits per heavy atom. The van der Waals surface area contributed by atoms with Gasteiger partial charge in [0.2, 0.25) is 0 Å². The molecular weight excluding hydrogens is 298 g/mol. The number of sulfonamides is 1. The first-order valence-electron chi connectivity index (χ1n) is 5.57. The fourth-order valence-electron chi connectivity index (χ4n) is 1.48. The zero-order valence-corrected chi connectivity index (χ0v) is 12.0. The second-order valence-electron chi connectivity index (χ2n) is 4.08. The molecule has 0 fully saturated rings. The van der Waals surface area contributed by atoms with Gasteiger partial charge in [0.05, 0.1) is 15.5 Å². The van der Waals surface area contributed by atoms with E-state index in [-0.39, 0.29) is 21.3 Å². The fourth-order valence-corrected chi connectivity index (χ4v) is 2.80. The van der Waals surface area contributed by atoms with Gasteiger partial charge in [0.15, 0.2) is 0 Å². The van der Waals surface area contributed by atoms with E-state index >= 15 is 0 Å². The molecule has 20 heavy (non-hydrogen) atoms. The second kappa shape index (κ2) is 5.49. The average Bonchev–Trinajstić information content (AvgIpc) is 2.41. The van der Waals surface area contributed by atoms with Crippen LogP contribution in [0.3, 0.4) is 0 Å². The molecular formula is C13H10ClN3O2S. The number of rotatable bonds is 3. The van der Waals surface area contributed by atoms with E-state index in [2.05, 4.69) is 9.71 Å². The van der Waals surface area contributed by atoms with Gasteiger partial charge in [0.25, 0.3) is 10.0 Å². The Morgan fingerprint density at radius 1 is 1.30 bits per heavy atom. The van der Waals surface area contributed by atoms with Gasteiger partial charge >= 0.3 is 0 Å². The van der Waals surface area contributed by atoms with E-state index in [9.17, 15) is 8.42 Å². The number of hydrogen-bond acceptors (Lipinski definition) is 4. The van der Waals surface area contributed by atoms with Gasteiger partial charge in [-0.1, -0.05) is 17.7 Å². The molecule has 0 atom stereocenters. The summed E-state index contributed by atoms with van der Waals surface area (Å²) in [5.74, 6) is 0.219. The Balaban J connectivity index is 2.33. The first-order valence-corrected chi connectivity index (χ1v) is 7.43. The molecule has 0 aliphatic heterocycles. The molecule has 102 valence electrons. The third kappa shape index (κ3) is 3.07. The Hall–Kier alpha value is -2.10. The summed E-state index contributed by atoms with van der Waals surface area (Å²) in [6.07, 6.45) is 1.56. The van der Waals surface area contributed by atoms with Crippen LogP contribution in [0.4, 0.5) is 5.82 Å². The molecule has 1 heterocycles. The van der Waals surface area contributed by atoms with Gasteiger partial charge in [-0.3, -0.25) is 4.72 Å². The summed E-state index contributed by atoms with van der Waals surface area (Å²) in [6, 6.07) is 9.10. The number of nitriles is 1. The van der Waals surface area contributed by atoms with Crippen LogP contribution in [0.5, 0.6) is 0 Å². The lowest BCUT2D eigenvalue weighted by molar-refractivity contribution is 0.601. The van der Waals surface area contributed by atoms with Gasteiger partial charge in [0.1, 0.15) is 11.9 Å². The molecule has 2 aromatic rings. The minimum Gasteiger partial charge on any atom is -0.263 e. The summed E-state index contributed by atoms with van der Waals surface area (Å²) >= 11 is 5.83. The highest BCUT2D eigenvalue weighted by molar-refractivity contribution is 7.92. The molecule has 0 amide bonds. The van der Waals surface area contributed by atoms with Crippen LogP contribution in [0.1, 0.15) is 11.1 Å². The normalized spacial score (nSPS) is 10.8. The number of benzene rings is 1. The number of nitrogens with zero attached hydrogens (tertiary/aromatic N) is 2. The predicted molar refractivity (Wildman–Crippen MR) is 75.9 cm³/mol. The van der Waals surface area contributed by atoms with Crippen molar-refractivity contribution in [1.82, 2.24) is 4.98 Å². The highest BCUT2D eigenvalue weighted by atomic mass is 35.5. The molecule has 2 rings (SSSR count). The first kappa shape index (κ1) is 14.3. The molecule has 5 nitrogen and oxygen atoms in total. The number of anilines is 1. The number of hydrogen-bond donors (Lipinski definition) is 1. The van der Waals surface area contributed by atoms with E-state index in [1.54, 1.807) is 18.3 Å². The van der Waals surface area contributed by atoms with Gasteiger partial charge in [-0.2, -0.15) is 5.26 Å². The Kier molecular flexibility index (Phi) is 3.93. The predicted octanol–water partition coefficient (Wildman–Crippen LogP) is 2.72. The minimum atomic E-state index is -3.78. The molecule has 0 saturated heterocycles. The lowest BCUT2D eigenvalue weighted by Crippen LogP contribution is -2.14. The van der Waals surface area contributed by atoms with Crippen LogP contribution < -0.4 is 4.72 Å². The van der Waals surface area contributed by atoms with Crippen LogP contribution >= 0.6 is 11.6 Å². The van der Waals surface area contributed by atoms with Crippen LogP contribution in [0.2, 0.25) is 5.02 Å². The smallest absolute Gasteiger partial charge is 0.263 e. The van der Waals surface area contributed by atoms with Crippen molar-refractivity contribution >= 4 is 27.4 Å². The van der Waals surface area contributed by atoms with Crippen molar-refractivity contribution in [3.8, 4) is 6.07 Å². The van der Waals surface area contributed by atoms with Gasteiger partial charge in [0, 0.05) is 6.20 Å². The van der Waals surface area contributed by atoms with Crippen molar-refractivity contribution < 1.29 is 8.42 Å². The van der Waals surface area contributed by atoms with E-state index < -0.39 is 10.0 Å². The third-order valence-electron chi connectivity index (χ3n) is 2.52. The molecule has 0 spiro atoms. The number of pyridine rings is 1. The van der Waals surface area contributed by atoms with Crippen LogP contribution in [-0.2, 0) is 10.0 Å². The standard InChI is InChI=1S/C13H10ClN3O2S/c1-9-2-5-13(16-8-9)17-20(18,19)11-4-3-10(7-15)12(14)6-11/h2-6,8H,1H3,(H,16,17). The number of nitrogens with one attached hydrogen (secondary N) is 1. The van der Waals surface area contributed by atoms with Crippen molar-refractivity contribution in [2.24, 2.45) is 0 Å². The fraction of sp³-hybridized carbons (Fsp3) is 0.0769. The van der Waals surface area contributed by atoms with E-state index in [0.29, 0.717) is 0 Å². The number of halogens is 1. The molecule has 0 saturated carbocycles. The molecule has 0 radical (unpaired) electrons. The highest BCUT2D eigenvalue weighted by Crippen LogP contribution is 2.21. The molecule has 1 aromatic carbocycles. The van der Waals surface area contributed by atoms with Crippen molar-refractivity contribution in [3.63, 3.8) is 0 Å². The van der Waals surface area contributed by atoms with Crippen LogP contribution in [0, 0.1) is 18.3 Å². The topological polar surface area (TPSA) is 82.9 Å². The van der Waals surface area contributed by atoms with Crippen LogP contribution in [0.15, 0.2) is 41.4 Å². The van der Waals surface area contributed by atoms with E-state index in [1.165, 1.54) is 18.2 Å². The quantitative estimate of drug-likeness (QED) is 0.945. The lowest BCUT2D eigenvalue weighted by Gasteiger charge is -2.08. The first-order chi connectivity index (χ1) is 9.42. The molecule has 0 aliphatic rings. The van der Waals surface area contributed by atoms with Crippen molar-refractivity contribution in [2.45, 2.75) is 11.8 Å². The summed E-state index contributed by atoms with van der Waals surface area (Å²) < 4.78 is 26.6. The summed E-state index contributed by atoms with van der Waals surface area (Å²) in [7, 11) is -3.78. The van der Waals surface area contributed by atoms with Crippen molar-refractivity contribution in [2.75, 3.05) is 4.72 Å². The monoisotopic (exact) mass is 307 g/mol. The van der Waals surface area contributed by atoms with Crippen LogP contribution in [0.25, 0.3) is 0 Å². The summed E-state index contributed by atoms with van der Waals surface area (Å²) in [6.45, 7) is 1.85.